The molecule has 22 heavy (non-hydrogen) atoms. The first-order chi connectivity index (χ1) is 10.8. The molecule has 0 aliphatic heterocycles. The number of H-pyrrole nitrogens is 1. The molecule has 0 saturated carbocycles. The molecule has 0 unspecified atom stereocenters. The Labute approximate surface area is 136 Å². The van der Waals surface area contributed by atoms with Crippen LogP contribution in [-0.4, -0.2) is 15.7 Å². The Balaban J connectivity index is 1.94. The SMILES string of the molecule is C=CCSc1nc2sc3c(c2c(=O)[nH]1)CCc1ccccc1-3. The van der Waals surface area contributed by atoms with Gasteiger partial charge < -0.3 is 4.98 Å². The molecule has 0 atom stereocenters. The quantitative estimate of drug-likeness (QED) is 0.449. The number of hydrogen-bond donors (Lipinski definition) is 1. The van der Waals surface area contributed by atoms with Crippen LogP contribution in [0, 0.1) is 0 Å². The van der Waals surface area contributed by atoms with E-state index in [1.54, 1.807) is 11.3 Å². The zero-order valence-electron chi connectivity index (χ0n) is 11.9. The van der Waals surface area contributed by atoms with Gasteiger partial charge in [-0.3, -0.25) is 4.79 Å². The molecular formula is C17H14N2OS2. The molecule has 2 heterocycles. The number of fused-ring (bicyclic) bond motifs is 5. The van der Waals surface area contributed by atoms with Crippen LogP contribution in [0.3, 0.4) is 0 Å². The fourth-order valence-corrected chi connectivity index (χ4v) is 4.87. The lowest BCUT2D eigenvalue weighted by Gasteiger charge is -2.15. The van der Waals surface area contributed by atoms with Crippen LogP contribution >= 0.6 is 23.1 Å². The maximum atomic E-state index is 12.5. The Hall–Kier alpha value is -1.85. The van der Waals surface area contributed by atoms with Crippen molar-refractivity contribution in [3.63, 3.8) is 0 Å². The molecular weight excluding hydrogens is 312 g/mol. The van der Waals surface area contributed by atoms with Crippen molar-refractivity contribution in [2.45, 2.75) is 18.0 Å². The lowest BCUT2D eigenvalue weighted by Crippen LogP contribution is -2.11. The van der Waals surface area contributed by atoms with E-state index in [1.165, 1.54) is 27.8 Å². The number of thiophene rings is 1. The Bertz CT molecular complexity index is 939. The first kappa shape index (κ1) is 13.8. The van der Waals surface area contributed by atoms with Crippen molar-refractivity contribution in [2.24, 2.45) is 0 Å². The number of nitrogens with zero attached hydrogens (tertiary/aromatic N) is 1. The van der Waals surface area contributed by atoms with Crippen molar-refractivity contribution in [3.05, 3.63) is 58.4 Å². The molecule has 3 nitrogen and oxygen atoms in total. The van der Waals surface area contributed by atoms with E-state index in [9.17, 15) is 4.79 Å². The molecule has 5 heteroatoms. The van der Waals surface area contributed by atoms with Gasteiger partial charge in [-0.1, -0.05) is 42.1 Å². The minimum Gasteiger partial charge on any atom is -0.301 e. The van der Waals surface area contributed by atoms with E-state index >= 15 is 0 Å². The standard InChI is InChI=1S/C17H14N2OS2/c1-2-9-21-17-18-15(20)13-12-8-7-10-5-3-4-6-11(10)14(12)22-16(13)19-17/h2-6H,1,7-9H2,(H,18,19,20). The Morgan fingerprint density at radius 2 is 2.23 bits per heavy atom. The summed E-state index contributed by atoms with van der Waals surface area (Å²) in [6, 6.07) is 8.45. The third-order valence-corrected chi connectivity index (χ3v) is 5.91. The molecule has 1 aromatic carbocycles. The van der Waals surface area contributed by atoms with Crippen LogP contribution in [0.1, 0.15) is 11.1 Å². The highest BCUT2D eigenvalue weighted by Gasteiger charge is 2.23. The number of aromatic nitrogens is 2. The molecule has 0 bridgehead atoms. The predicted octanol–water partition coefficient (Wildman–Crippen LogP) is 4.03. The van der Waals surface area contributed by atoms with Crippen molar-refractivity contribution in [2.75, 3.05) is 5.75 Å². The summed E-state index contributed by atoms with van der Waals surface area (Å²) in [7, 11) is 0. The average Bonchev–Trinajstić information content (AvgIpc) is 2.92. The van der Waals surface area contributed by atoms with E-state index in [-0.39, 0.29) is 5.56 Å². The number of aryl methyl sites for hydroxylation is 2. The summed E-state index contributed by atoms with van der Waals surface area (Å²) in [5.41, 5.74) is 3.76. The highest BCUT2D eigenvalue weighted by Crippen LogP contribution is 2.42. The Morgan fingerprint density at radius 3 is 3.09 bits per heavy atom. The van der Waals surface area contributed by atoms with Gasteiger partial charge in [-0.05, 0) is 29.5 Å². The van der Waals surface area contributed by atoms with Crippen LogP contribution < -0.4 is 5.56 Å². The summed E-state index contributed by atoms with van der Waals surface area (Å²) in [6.07, 6.45) is 3.71. The number of benzene rings is 1. The van der Waals surface area contributed by atoms with Gasteiger partial charge in [0.1, 0.15) is 4.83 Å². The minimum absolute atomic E-state index is 0.0200. The van der Waals surface area contributed by atoms with Crippen LogP contribution in [0.2, 0.25) is 0 Å². The van der Waals surface area contributed by atoms with Gasteiger partial charge in [0.05, 0.1) is 5.39 Å². The molecule has 0 spiro atoms. The van der Waals surface area contributed by atoms with Gasteiger partial charge in [-0.15, -0.1) is 17.9 Å². The van der Waals surface area contributed by atoms with Gasteiger partial charge in [0, 0.05) is 10.6 Å². The first-order valence-electron chi connectivity index (χ1n) is 7.15. The second-order valence-electron chi connectivity index (χ2n) is 5.22. The fraction of sp³-hybridized carbons (Fsp3) is 0.176. The Morgan fingerprint density at radius 1 is 1.36 bits per heavy atom. The van der Waals surface area contributed by atoms with Gasteiger partial charge >= 0.3 is 0 Å². The van der Waals surface area contributed by atoms with Gasteiger partial charge in [0.2, 0.25) is 0 Å². The zero-order chi connectivity index (χ0) is 15.1. The average molecular weight is 326 g/mol. The molecule has 1 aliphatic rings. The summed E-state index contributed by atoms with van der Waals surface area (Å²) < 4.78 is 0. The highest BCUT2D eigenvalue weighted by molar-refractivity contribution is 7.99. The largest absolute Gasteiger partial charge is 0.301 e. The predicted molar refractivity (Wildman–Crippen MR) is 94.0 cm³/mol. The molecule has 1 aliphatic carbocycles. The summed E-state index contributed by atoms with van der Waals surface area (Å²) in [5, 5.41) is 1.45. The molecule has 3 aromatic rings. The highest BCUT2D eigenvalue weighted by atomic mass is 32.2. The molecule has 1 N–H and O–H groups in total. The van der Waals surface area contributed by atoms with Crippen LogP contribution in [0.4, 0.5) is 0 Å². The van der Waals surface area contributed by atoms with Crippen molar-refractivity contribution < 1.29 is 0 Å². The third-order valence-electron chi connectivity index (χ3n) is 3.88. The van der Waals surface area contributed by atoms with E-state index < -0.39 is 0 Å². The normalized spacial score (nSPS) is 12.9. The van der Waals surface area contributed by atoms with Crippen molar-refractivity contribution in [3.8, 4) is 10.4 Å². The number of aromatic amines is 1. The summed E-state index contributed by atoms with van der Waals surface area (Å²) in [4.78, 5) is 22.1. The summed E-state index contributed by atoms with van der Waals surface area (Å²) in [6.45, 7) is 3.70. The van der Waals surface area contributed by atoms with Crippen LogP contribution in [-0.2, 0) is 12.8 Å². The topological polar surface area (TPSA) is 45.8 Å². The van der Waals surface area contributed by atoms with Crippen molar-refractivity contribution in [1.82, 2.24) is 9.97 Å². The van der Waals surface area contributed by atoms with Gasteiger partial charge in [0.15, 0.2) is 5.16 Å². The second kappa shape index (κ2) is 5.41. The maximum Gasteiger partial charge on any atom is 0.260 e. The van der Waals surface area contributed by atoms with Gasteiger partial charge in [-0.25, -0.2) is 4.98 Å². The van der Waals surface area contributed by atoms with Gasteiger partial charge in [0.25, 0.3) is 5.56 Å². The minimum atomic E-state index is -0.0200. The molecule has 0 fully saturated rings. The molecule has 4 rings (SSSR count). The first-order valence-corrected chi connectivity index (χ1v) is 8.96. The molecule has 0 saturated heterocycles. The lowest BCUT2D eigenvalue weighted by atomic mass is 9.90. The van der Waals surface area contributed by atoms with Crippen molar-refractivity contribution >= 4 is 33.3 Å². The van der Waals surface area contributed by atoms with Gasteiger partial charge in [-0.2, -0.15) is 0 Å². The van der Waals surface area contributed by atoms with E-state index in [2.05, 4.69) is 40.8 Å². The summed E-state index contributed by atoms with van der Waals surface area (Å²) in [5.74, 6) is 0.738. The number of hydrogen-bond acceptors (Lipinski definition) is 4. The molecule has 110 valence electrons. The van der Waals surface area contributed by atoms with Crippen molar-refractivity contribution in [1.29, 1.82) is 0 Å². The monoisotopic (exact) mass is 326 g/mol. The Kier molecular flexibility index (Phi) is 3.39. The number of rotatable bonds is 3. The maximum absolute atomic E-state index is 12.5. The van der Waals surface area contributed by atoms with Crippen LogP contribution in [0.25, 0.3) is 20.7 Å². The van der Waals surface area contributed by atoms with E-state index in [1.807, 2.05) is 6.08 Å². The molecule has 0 amide bonds. The zero-order valence-corrected chi connectivity index (χ0v) is 13.5. The van der Waals surface area contributed by atoms with Crippen LogP contribution in [0.5, 0.6) is 0 Å². The number of thioether (sulfide) groups is 1. The third kappa shape index (κ3) is 2.12. The summed E-state index contributed by atoms with van der Waals surface area (Å²) >= 11 is 3.14. The lowest BCUT2D eigenvalue weighted by molar-refractivity contribution is 0.944. The smallest absolute Gasteiger partial charge is 0.260 e. The van der Waals surface area contributed by atoms with E-state index in [0.29, 0.717) is 5.16 Å². The fourth-order valence-electron chi connectivity index (χ4n) is 2.93. The molecule has 0 radical (unpaired) electrons. The molecule has 2 aromatic heterocycles. The van der Waals surface area contributed by atoms with Crippen LogP contribution in [0.15, 0.2) is 46.9 Å². The second-order valence-corrected chi connectivity index (χ2v) is 7.23. The van der Waals surface area contributed by atoms with E-state index in [4.69, 9.17) is 0 Å². The number of nitrogens with one attached hydrogen (secondary N) is 1. The van der Waals surface area contributed by atoms with E-state index in [0.717, 1.165) is 34.4 Å².